The number of amides is 1. The van der Waals surface area contributed by atoms with Crippen molar-refractivity contribution in [1.29, 1.82) is 0 Å². The third kappa shape index (κ3) is 4.53. The van der Waals surface area contributed by atoms with Crippen LogP contribution in [0.15, 0.2) is 18.2 Å². The summed E-state index contributed by atoms with van der Waals surface area (Å²) in [6, 6.07) is 5.45. The van der Waals surface area contributed by atoms with Gasteiger partial charge in [-0.3, -0.25) is 4.79 Å². The Morgan fingerprint density at radius 1 is 1.32 bits per heavy atom. The highest BCUT2D eigenvalue weighted by Crippen LogP contribution is 2.22. The molecule has 1 aromatic carbocycles. The lowest BCUT2D eigenvalue weighted by Gasteiger charge is -2.30. The van der Waals surface area contributed by atoms with Crippen molar-refractivity contribution in [3.05, 3.63) is 33.8 Å². The van der Waals surface area contributed by atoms with E-state index in [-0.39, 0.29) is 24.4 Å². The smallest absolute Gasteiger partial charge is 0.227 e. The van der Waals surface area contributed by atoms with Gasteiger partial charge in [-0.25, -0.2) is 0 Å². The van der Waals surface area contributed by atoms with Crippen LogP contribution in [0.25, 0.3) is 0 Å². The third-order valence-electron chi connectivity index (χ3n) is 3.25. The van der Waals surface area contributed by atoms with Crippen molar-refractivity contribution >= 4 is 41.5 Å². The molecule has 1 amide bonds. The molecule has 106 valence electrons. The van der Waals surface area contributed by atoms with E-state index in [1.807, 2.05) is 4.90 Å². The van der Waals surface area contributed by atoms with Gasteiger partial charge >= 0.3 is 0 Å². The first kappa shape index (κ1) is 16.6. The zero-order valence-corrected chi connectivity index (χ0v) is 12.8. The van der Waals surface area contributed by atoms with Gasteiger partial charge in [0.05, 0.1) is 6.42 Å². The number of carbonyl (C=O) groups is 1. The van der Waals surface area contributed by atoms with Gasteiger partial charge in [0.2, 0.25) is 5.91 Å². The van der Waals surface area contributed by atoms with E-state index in [9.17, 15) is 4.79 Å². The maximum absolute atomic E-state index is 12.1. The van der Waals surface area contributed by atoms with Crippen LogP contribution >= 0.6 is 35.6 Å². The lowest BCUT2D eigenvalue weighted by Crippen LogP contribution is -2.43. The molecule has 2 N–H and O–H groups in total. The molecule has 0 unspecified atom stereocenters. The first-order chi connectivity index (χ1) is 8.56. The summed E-state index contributed by atoms with van der Waals surface area (Å²) in [5.41, 5.74) is 6.64. The largest absolute Gasteiger partial charge is 0.342 e. The number of halogens is 3. The Morgan fingerprint density at radius 3 is 2.53 bits per heavy atom. The molecule has 0 aliphatic carbocycles. The van der Waals surface area contributed by atoms with Gasteiger partial charge in [0.1, 0.15) is 0 Å². The summed E-state index contributed by atoms with van der Waals surface area (Å²) in [6.07, 6.45) is 2.07. The van der Waals surface area contributed by atoms with E-state index in [1.54, 1.807) is 18.2 Å². The van der Waals surface area contributed by atoms with Gasteiger partial charge < -0.3 is 10.6 Å². The Bertz CT molecular complexity index is 446. The van der Waals surface area contributed by atoms with E-state index in [2.05, 4.69) is 0 Å². The van der Waals surface area contributed by atoms with Crippen molar-refractivity contribution in [2.45, 2.75) is 25.3 Å². The number of hydrogen-bond acceptors (Lipinski definition) is 2. The Labute approximate surface area is 129 Å². The highest BCUT2D eigenvalue weighted by atomic mass is 35.5. The van der Waals surface area contributed by atoms with Gasteiger partial charge in [-0.05, 0) is 30.5 Å². The summed E-state index contributed by atoms with van der Waals surface area (Å²) in [7, 11) is 0. The minimum atomic E-state index is 0. The van der Waals surface area contributed by atoms with Gasteiger partial charge in [-0.15, -0.1) is 12.4 Å². The predicted molar refractivity (Wildman–Crippen MR) is 81.2 cm³/mol. The van der Waals surface area contributed by atoms with E-state index < -0.39 is 0 Å². The zero-order valence-electron chi connectivity index (χ0n) is 10.4. The standard InChI is InChI=1S/C13H16Cl2N2O.ClH/c14-10-2-1-9(12(15)8-10)7-13(18)17-5-3-11(16)4-6-17;/h1-2,8,11H,3-7,16H2;1H. The highest BCUT2D eigenvalue weighted by molar-refractivity contribution is 6.35. The zero-order chi connectivity index (χ0) is 13.1. The Kier molecular flexibility index (Phi) is 6.40. The van der Waals surface area contributed by atoms with Crippen LogP contribution in [0.4, 0.5) is 0 Å². The Hall–Kier alpha value is -0.480. The maximum atomic E-state index is 12.1. The first-order valence-corrected chi connectivity index (χ1v) is 6.79. The summed E-state index contributed by atoms with van der Waals surface area (Å²) >= 11 is 11.9. The molecule has 1 aliphatic rings. The number of carbonyl (C=O) groups excluding carboxylic acids is 1. The fourth-order valence-electron chi connectivity index (χ4n) is 2.09. The van der Waals surface area contributed by atoms with Crippen LogP contribution in [0, 0.1) is 0 Å². The quantitative estimate of drug-likeness (QED) is 0.909. The molecule has 1 saturated heterocycles. The topological polar surface area (TPSA) is 46.3 Å². The Morgan fingerprint density at radius 2 is 1.95 bits per heavy atom. The molecule has 1 aliphatic heterocycles. The number of piperidine rings is 1. The van der Waals surface area contributed by atoms with Gasteiger partial charge in [0, 0.05) is 29.2 Å². The number of nitrogens with zero attached hydrogens (tertiary/aromatic N) is 1. The molecule has 0 saturated carbocycles. The monoisotopic (exact) mass is 322 g/mol. The molecule has 0 atom stereocenters. The van der Waals surface area contributed by atoms with Gasteiger partial charge in [0.15, 0.2) is 0 Å². The molecule has 1 fully saturated rings. The number of hydrogen-bond donors (Lipinski definition) is 1. The van der Waals surface area contributed by atoms with Crippen molar-refractivity contribution in [2.75, 3.05) is 13.1 Å². The molecule has 6 heteroatoms. The Balaban J connectivity index is 0.00000180. The first-order valence-electron chi connectivity index (χ1n) is 6.03. The fourth-order valence-corrected chi connectivity index (χ4v) is 2.56. The second-order valence-electron chi connectivity index (χ2n) is 4.63. The molecular weight excluding hydrogens is 307 g/mol. The SMILES string of the molecule is Cl.NC1CCN(C(=O)Cc2ccc(Cl)cc2Cl)CC1. The van der Waals surface area contributed by atoms with Crippen LogP contribution < -0.4 is 5.73 Å². The van der Waals surface area contributed by atoms with Crippen LogP contribution in [-0.4, -0.2) is 29.9 Å². The van der Waals surface area contributed by atoms with Gasteiger partial charge in [-0.2, -0.15) is 0 Å². The van der Waals surface area contributed by atoms with E-state index in [0.29, 0.717) is 16.5 Å². The molecule has 1 aromatic rings. The lowest BCUT2D eigenvalue weighted by atomic mass is 10.0. The molecule has 0 aromatic heterocycles. The molecule has 1 heterocycles. The second kappa shape index (κ2) is 7.34. The maximum Gasteiger partial charge on any atom is 0.227 e. The van der Waals surface area contributed by atoms with Crippen molar-refractivity contribution in [1.82, 2.24) is 4.90 Å². The molecular formula is C13H17Cl3N2O. The highest BCUT2D eigenvalue weighted by Gasteiger charge is 2.21. The summed E-state index contributed by atoms with van der Waals surface area (Å²) < 4.78 is 0. The van der Waals surface area contributed by atoms with Crippen molar-refractivity contribution in [3.8, 4) is 0 Å². The lowest BCUT2D eigenvalue weighted by molar-refractivity contribution is -0.131. The third-order valence-corrected chi connectivity index (χ3v) is 3.84. The number of benzene rings is 1. The summed E-state index contributed by atoms with van der Waals surface area (Å²) in [4.78, 5) is 14.0. The molecule has 0 bridgehead atoms. The summed E-state index contributed by atoms with van der Waals surface area (Å²) in [5.74, 6) is 0.103. The number of rotatable bonds is 2. The van der Waals surface area contributed by atoms with Crippen LogP contribution in [-0.2, 0) is 11.2 Å². The van der Waals surface area contributed by atoms with Crippen LogP contribution in [0.3, 0.4) is 0 Å². The van der Waals surface area contributed by atoms with Crippen LogP contribution in [0.2, 0.25) is 10.0 Å². The molecule has 0 spiro atoms. The van der Waals surface area contributed by atoms with Crippen molar-refractivity contribution < 1.29 is 4.79 Å². The summed E-state index contributed by atoms with van der Waals surface area (Å²) in [6.45, 7) is 1.48. The minimum Gasteiger partial charge on any atom is -0.342 e. The molecule has 0 radical (unpaired) electrons. The molecule has 19 heavy (non-hydrogen) atoms. The second-order valence-corrected chi connectivity index (χ2v) is 5.47. The number of likely N-dealkylation sites (tertiary alicyclic amines) is 1. The van der Waals surface area contributed by atoms with Crippen molar-refractivity contribution in [2.24, 2.45) is 5.73 Å². The van der Waals surface area contributed by atoms with Gasteiger partial charge in [-0.1, -0.05) is 29.3 Å². The van der Waals surface area contributed by atoms with Crippen molar-refractivity contribution in [3.63, 3.8) is 0 Å². The fraction of sp³-hybridized carbons (Fsp3) is 0.462. The van der Waals surface area contributed by atoms with E-state index in [0.717, 1.165) is 31.5 Å². The van der Waals surface area contributed by atoms with E-state index in [1.165, 1.54) is 0 Å². The number of nitrogens with two attached hydrogens (primary N) is 1. The predicted octanol–water partition coefficient (Wildman–Crippen LogP) is 2.91. The van der Waals surface area contributed by atoms with Crippen LogP contribution in [0.5, 0.6) is 0 Å². The minimum absolute atomic E-state index is 0. The average Bonchev–Trinajstić information content (AvgIpc) is 2.33. The molecule has 2 rings (SSSR count). The normalized spacial score (nSPS) is 16.1. The molecule has 3 nitrogen and oxygen atoms in total. The van der Waals surface area contributed by atoms with Gasteiger partial charge in [0.25, 0.3) is 0 Å². The van der Waals surface area contributed by atoms with E-state index >= 15 is 0 Å². The van der Waals surface area contributed by atoms with Crippen LogP contribution in [0.1, 0.15) is 18.4 Å². The summed E-state index contributed by atoms with van der Waals surface area (Å²) in [5, 5.41) is 1.13. The average molecular weight is 324 g/mol. The van der Waals surface area contributed by atoms with E-state index in [4.69, 9.17) is 28.9 Å².